The maximum absolute atomic E-state index is 10.7. The van der Waals surface area contributed by atoms with Gasteiger partial charge in [0, 0.05) is 28.4 Å². The number of rotatable bonds is 5. The minimum atomic E-state index is -0.875. The topological polar surface area (TPSA) is 62.2 Å². The van der Waals surface area contributed by atoms with Crippen LogP contribution in [0, 0.1) is 0 Å². The van der Waals surface area contributed by atoms with Crippen LogP contribution >= 0.6 is 22.7 Å². The number of carboxylic acids is 1. The maximum atomic E-state index is 10.7. The molecule has 0 aliphatic rings. The summed E-state index contributed by atoms with van der Waals surface area (Å²) in [5.74, 6) is -0.875. The Kier molecular flexibility index (Phi) is 3.88. The summed E-state index contributed by atoms with van der Waals surface area (Å²) in [6, 6.07) is 1.89. The molecule has 17 heavy (non-hydrogen) atoms. The summed E-state index contributed by atoms with van der Waals surface area (Å²) in [5, 5.41) is 16.8. The van der Waals surface area contributed by atoms with Gasteiger partial charge in [-0.25, -0.2) is 9.78 Å². The Labute approximate surface area is 107 Å². The van der Waals surface area contributed by atoms with Crippen molar-refractivity contribution in [2.45, 2.75) is 19.5 Å². The van der Waals surface area contributed by atoms with Crippen molar-refractivity contribution in [1.82, 2.24) is 10.3 Å². The van der Waals surface area contributed by atoms with Crippen molar-refractivity contribution in [2.75, 3.05) is 0 Å². The lowest BCUT2D eigenvalue weighted by Crippen LogP contribution is -2.17. The standard InChI is InChI=1S/C11H12N2O2S2/c1-7(10-12-2-3-16-10)13-5-9-4-8(6-17-9)11(14)15/h2-4,6-7,13H,5H2,1H3,(H,14,15). The second-order valence-electron chi connectivity index (χ2n) is 3.58. The van der Waals surface area contributed by atoms with Crippen LogP contribution in [-0.4, -0.2) is 16.1 Å². The average molecular weight is 268 g/mol. The van der Waals surface area contributed by atoms with Crippen LogP contribution < -0.4 is 5.32 Å². The fourth-order valence-corrected chi connectivity index (χ4v) is 2.85. The smallest absolute Gasteiger partial charge is 0.336 e. The van der Waals surface area contributed by atoms with Crippen molar-refractivity contribution < 1.29 is 9.90 Å². The van der Waals surface area contributed by atoms with Crippen molar-refractivity contribution in [3.63, 3.8) is 0 Å². The van der Waals surface area contributed by atoms with E-state index in [0.717, 1.165) is 9.88 Å². The molecule has 2 N–H and O–H groups in total. The van der Waals surface area contributed by atoms with Crippen molar-refractivity contribution in [2.24, 2.45) is 0 Å². The molecular formula is C11H12N2O2S2. The molecule has 0 bridgehead atoms. The molecule has 4 nitrogen and oxygen atoms in total. The quantitative estimate of drug-likeness (QED) is 0.875. The number of nitrogens with one attached hydrogen (secondary N) is 1. The third kappa shape index (κ3) is 3.12. The summed E-state index contributed by atoms with van der Waals surface area (Å²) >= 11 is 3.07. The predicted octanol–water partition coefficient (Wildman–Crippen LogP) is 2.75. The van der Waals surface area contributed by atoms with Gasteiger partial charge in [0.05, 0.1) is 11.6 Å². The number of carboxylic acid groups (broad SMARTS) is 1. The van der Waals surface area contributed by atoms with Crippen LogP contribution in [-0.2, 0) is 6.54 Å². The normalized spacial score (nSPS) is 12.5. The highest BCUT2D eigenvalue weighted by Crippen LogP contribution is 2.18. The summed E-state index contributed by atoms with van der Waals surface area (Å²) in [4.78, 5) is 16.0. The fraction of sp³-hybridized carbons (Fsp3) is 0.273. The molecule has 0 fully saturated rings. The average Bonchev–Trinajstić information content (AvgIpc) is 2.97. The van der Waals surface area contributed by atoms with E-state index in [2.05, 4.69) is 10.3 Å². The Balaban J connectivity index is 1.91. The van der Waals surface area contributed by atoms with Gasteiger partial charge < -0.3 is 10.4 Å². The van der Waals surface area contributed by atoms with E-state index in [0.29, 0.717) is 12.1 Å². The van der Waals surface area contributed by atoms with Crippen LogP contribution in [0.5, 0.6) is 0 Å². The number of hydrogen-bond donors (Lipinski definition) is 2. The van der Waals surface area contributed by atoms with Crippen molar-refractivity contribution >= 4 is 28.6 Å². The zero-order valence-corrected chi connectivity index (χ0v) is 10.8. The second kappa shape index (κ2) is 5.39. The lowest BCUT2D eigenvalue weighted by molar-refractivity contribution is 0.0697. The second-order valence-corrected chi connectivity index (χ2v) is 5.50. The van der Waals surface area contributed by atoms with Gasteiger partial charge in [0.25, 0.3) is 0 Å². The van der Waals surface area contributed by atoms with E-state index in [1.54, 1.807) is 29.0 Å². The summed E-state index contributed by atoms with van der Waals surface area (Å²) in [6.07, 6.45) is 1.78. The molecule has 90 valence electrons. The lowest BCUT2D eigenvalue weighted by Gasteiger charge is -2.09. The summed E-state index contributed by atoms with van der Waals surface area (Å²) in [7, 11) is 0. The van der Waals surface area contributed by atoms with Crippen molar-refractivity contribution in [3.8, 4) is 0 Å². The molecule has 1 atom stereocenters. The molecular weight excluding hydrogens is 256 g/mol. The molecule has 2 aromatic rings. The van der Waals surface area contributed by atoms with Crippen molar-refractivity contribution in [1.29, 1.82) is 0 Å². The Morgan fingerprint density at radius 1 is 1.59 bits per heavy atom. The van der Waals surface area contributed by atoms with Gasteiger partial charge in [-0.05, 0) is 13.0 Å². The van der Waals surface area contributed by atoms with Crippen LogP contribution in [0.15, 0.2) is 23.0 Å². The molecule has 2 heterocycles. The molecule has 6 heteroatoms. The molecule has 0 amide bonds. The van der Waals surface area contributed by atoms with E-state index in [4.69, 9.17) is 5.11 Å². The van der Waals surface area contributed by atoms with Gasteiger partial charge in [-0.1, -0.05) is 0 Å². The van der Waals surface area contributed by atoms with Crippen LogP contribution in [0.1, 0.15) is 33.2 Å². The number of thiophene rings is 1. The highest BCUT2D eigenvalue weighted by molar-refractivity contribution is 7.10. The zero-order valence-electron chi connectivity index (χ0n) is 9.21. The molecule has 0 saturated heterocycles. The van der Waals surface area contributed by atoms with Gasteiger partial charge in [-0.2, -0.15) is 0 Å². The van der Waals surface area contributed by atoms with E-state index in [9.17, 15) is 4.79 Å². The van der Waals surface area contributed by atoms with Gasteiger partial charge in [-0.15, -0.1) is 22.7 Å². The number of nitrogens with zero attached hydrogens (tertiary/aromatic N) is 1. The molecule has 2 aromatic heterocycles. The number of aromatic nitrogens is 1. The minimum absolute atomic E-state index is 0.186. The lowest BCUT2D eigenvalue weighted by atomic mass is 10.3. The molecule has 0 spiro atoms. The van der Waals surface area contributed by atoms with E-state index in [-0.39, 0.29) is 6.04 Å². The Morgan fingerprint density at radius 3 is 3.00 bits per heavy atom. The third-order valence-electron chi connectivity index (χ3n) is 2.31. The zero-order chi connectivity index (χ0) is 12.3. The first-order chi connectivity index (χ1) is 8.16. The largest absolute Gasteiger partial charge is 0.478 e. The van der Waals surface area contributed by atoms with Gasteiger partial charge >= 0.3 is 5.97 Å². The van der Waals surface area contributed by atoms with Crippen molar-refractivity contribution in [3.05, 3.63) is 38.5 Å². The number of aromatic carboxylic acids is 1. The highest BCUT2D eigenvalue weighted by Gasteiger charge is 2.09. The van der Waals surface area contributed by atoms with Gasteiger partial charge in [0.2, 0.25) is 0 Å². The molecule has 0 aliphatic heterocycles. The first kappa shape index (κ1) is 12.2. The predicted molar refractivity (Wildman–Crippen MR) is 68.6 cm³/mol. The number of hydrogen-bond acceptors (Lipinski definition) is 5. The molecule has 2 rings (SSSR count). The fourth-order valence-electron chi connectivity index (χ4n) is 1.37. The molecule has 0 aliphatic carbocycles. The van der Waals surface area contributed by atoms with E-state index in [1.165, 1.54) is 11.3 Å². The molecule has 0 aromatic carbocycles. The SMILES string of the molecule is CC(NCc1cc(C(=O)O)cs1)c1nccs1. The first-order valence-corrected chi connectivity index (χ1v) is 6.86. The van der Waals surface area contributed by atoms with Gasteiger partial charge in [0.15, 0.2) is 0 Å². The summed E-state index contributed by atoms with van der Waals surface area (Å²) in [5.41, 5.74) is 0.355. The first-order valence-electron chi connectivity index (χ1n) is 5.10. The Morgan fingerprint density at radius 2 is 2.41 bits per heavy atom. The highest BCUT2D eigenvalue weighted by atomic mass is 32.1. The van der Waals surface area contributed by atoms with E-state index >= 15 is 0 Å². The van der Waals surface area contributed by atoms with Crippen LogP contribution in [0.25, 0.3) is 0 Å². The van der Waals surface area contributed by atoms with Crippen LogP contribution in [0.4, 0.5) is 0 Å². The van der Waals surface area contributed by atoms with Gasteiger partial charge in [-0.3, -0.25) is 0 Å². The molecule has 0 saturated carbocycles. The van der Waals surface area contributed by atoms with E-state index < -0.39 is 5.97 Å². The van der Waals surface area contributed by atoms with Crippen LogP contribution in [0.3, 0.4) is 0 Å². The summed E-state index contributed by atoms with van der Waals surface area (Å²) < 4.78 is 0. The summed E-state index contributed by atoms with van der Waals surface area (Å²) in [6.45, 7) is 2.71. The number of carbonyl (C=O) groups is 1. The van der Waals surface area contributed by atoms with E-state index in [1.807, 2.05) is 12.3 Å². The maximum Gasteiger partial charge on any atom is 0.336 e. The molecule has 1 unspecified atom stereocenters. The monoisotopic (exact) mass is 268 g/mol. The minimum Gasteiger partial charge on any atom is -0.478 e. The molecule has 0 radical (unpaired) electrons. The van der Waals surface area contributed by atoms with Crippen LogP contribution in [0.2, 0.25) is 0 Å². The van der Waals surface area contributed by atoms with Gasteiger partial charge in [0.1, 0.15) is 5.01 Å². The third-order valence-corrected chi connectivity index (χ3v) is 4.20. The number of thiazole rings is 1. The Bertz CT molecular complexity index is 493. The Hall–Kier alpha value is -1.24.